The van der Waals surface area contributed by atoms with Gasteiger partial charge in [-0.2, -0.15) is 5.26 Å². The van der Waals surface area contributed by atoms with Crippen LogP contribution < -0.4 is 10.6 Å². The van der Waals surface area contributed by atoms with Crippen molar-refractivity contribution in [3.8, 4) is 17.2 Å². The van der Waals surface area contributed by atoms with Gasteiger partial charge in [-0.15, -0.1) is 0 Å². The number of nitrogens with zero attached hydrogens (tertiary/aromatic N) is 4. The van der Waals surface area contributed by atoms with Gasteiger partial charge in [0.2, 0.25) is 5.91 Å². The van der Waals surface area contributed by atoms with Crippen molar-refractivity contribution < 1.29 is 18.7 Å². The number of amides is 2. The van der Waals surface area contributed by atoms with Crippen LogP contribution in [0, 0.1) is 41.8 Å². The number of aryl methyl sites for hydroxylation is 1. The average Bonchev–Trinajstić information content (AvgIpc) is 3.51. The number of carbonyl (C=O) groups is 2. The second kappa shape index (κ2) is 10.9. The number of nitriles is 1. The third-order valence-corrected chi connectivity index (χ3v) is 6.70. The first kappa shape index (κ1) is 27.9. The van der Waals surface area contributed by atoms with E-state index in [2.05, 4.69) is 26.7 Å². The predicted octanol–water partition coefficient (Wildman–Crippen LogP) is 5.37. The summed E-state index contributed by atoms with van der Waals surface area (Å²) in [5.41, 5.74) is 0.756. The molecule has 2 amide bonds. The molecule has 1 aromatic carbocycles. The lowest BCUT2D eigenvalue weighted by Gasteiger charge is -2.21. The van der Waals surface area contributed by atoms with Crippen LogP contribution in [-0.2, 0) is 9.53 Å². The van der Waals surface area contributed by atoms with E-state index < -0.39 is 17.5 Å². The first-order chi connectivity index (χ1) is 18.4. The highest BCUT2D eigenvalue weighted by atomic mass is 19.1. The summed E-state index contributed by atoms with van der Waals surface area (Å²) in [6.45, 7) is 7.71. The van der Waals surface area contributed by atoms with E-state index in [9.17, 15) is 9.59 Å². The lowest BCUT2D eigenvalue weighted by Crippen LogP contribution is -2.27. The van der Waals surface area contributed by atoms with Gasteiger partial charge >= 0.3 is 6.09 Å². The van der Waals surface area contributed by atoms with Crippen LogP contribution in [0.4, 0.5) is 20.7 Å². The van der Waals surface area contributed by atoms with Gasteiger partial charge in [0.15, 0.2) is 5.82 Å². The summed E-state index contributed by atoms with van der Waals surface area (Å²) >= 11 is 0. The molecule has 2 heterocycles. The maximum absolute atomic E-state index is 15.9. The van der Waals surface area contributed by atoms with E-state index in [0.29, 0.717) is 35.1 Å². The van der Waals surface area contributed by atoms with Crippen molar-refractivity contribution in [3.63, 3.8) is 0 Å². The number of carbonyl (C=O) groups excluding carboxylic acids is 2. The third kappa shape index (κ3) is 6.32. The fourth-order valence-corrected chi connectivity index (χ4v) is 4.91. The number of aromatic nitrogens is 2. The molecular formula is C29H33FN6O3. The maximum atomic E-state index is 15.9. The van der Waals surface area contributed by atoms with Crippen molar-refractivity contribution in [2.24, 2.45) is 17.8 Å². The zero-order valence-electron chi connectivity index (χ0n) is 23.0. The standard InChI is InChI=1S/C29H33FN6O3/c1-16-8-10-32-13-20(16)19-11-17-12-23(34-27(37)24-18(7-9-31)22(24)15-36(5)6)33-14-21(17)26(25(19)30)35-28(38)39-29(2,3)4/h8,10-14,18,22,24H,7,15H2,1-6H3,(H,35,38)(H,33,34,37). The van der Waals surface area contributed by atoms with E-state index in [1.165, 1.54) is 6.20 Å². The summed E-state index contributed by atoms with van der Waals surface area (Å²) in [6.07, 6.45) is 4.11. The van der Waals surface area contributed by atoms with E-state index in [1.807, 2.05) is 25.9 Å². The number of pyridine rings is 2. The van der Waals surface area contributed by atoms with Gasteiger partial charge in [0.05, 0.1) is 11.8 Å². The molecule has 9 nitrogen and oxygen atoms in total. The largest absolute Gasteiger partial charge is 0.444 e. The number of anilines is 2. The lowest BCUT2D eigenvalue weighted by atomic mass is 9.98. The monoisotopic (exact) mass is 532 g/mol. The van der Waals surface area contributed by atoms with Crippen LogP contribution in [-0.4, -0.2) is 53.1 Å². The molecular weight excluding hydrogens is 499 g/mol. The molecule has 1 fully saturated rings. The molecule has 0 spiro atoms. The molecule has 3 unspecified atom stereocenters. The molecule has 1 saturated carbocycles. The van der Waals surface area contributed by atoms with Gasteiger partial charge < -0.3 is 15.0 Å². The lowest BCUT2D eigenvalue weighted by molar-refractivity contribution is -0.117. The predicted molar refractivity (Wildman–Crippen MR) is 147 cm³/mol. The second-order valence-corrected chi connectivity index (χ2v) is 11.2. The van der Waals surface area contributed by atoms with Gasteiger partial charge in [-0.05, 0) is 82.8 Å². The zero-order chi connectivity index (χ0) is 28.5. The quantitative estimate of drug-likeness (QED) is 0.420. The topological polar surface area (TPSA) is 120 Å². The highest BCUT2D eigenvalue weighted by Gasteiger charge is 2.54. The average molecular weight is 533 g/mol. The number of benzene rings is 1. The van der Waals surface area contributed by atoms with Crippen molar-refractivity contribution in [2.75, 3.05) is 31.3 Å². The Morgan fingerprint density at radius 3 is 2.54 bits per heavy atom. The smallest absolute Gasteiger partial charge is 0.412 e. The van der Waals surface area contributed by atoms with Crippen LogP contribution in [0.2, 0.25) is 0 Å². The van der Waals surface area contributed by atoms with Crippen LogP contribution >= 0.6 is 0 Å². The molecule has 2 N–H and O–H groups in total. The molecule has 39 heavy (non-hydrogen) atoms. The first-order valence-corrected chi connectivity index (χ1v) is 12.8. The molecule has 0 aliphatic heterocycles. The first-order valence-electron chi connectivity index (χ1n) is 12.8. The molecule has 204 valence electrons. The fraction of sp³-hybridized carbons (Fsp3) is 0.414. The molecule has 3 atom stereocenters. The Morgan fingerprint density at radius 2 is 1.90 bits per heavy atom. The molecule has 1 aliphatic rings. The van der Waals surface area contributed by atoms with Crippen molar-refractivity contribution in [1.29, 1.82) is 5.26 Å². The summed E-state index contributed by atoms with van der Waals surface area (Å²) in [5.74, 6) is -0.743. The van der Waals surface area contributed by atoms with Crippen molar-refractivity contribution in [2.45, 2.75) is 39.7 Å². The molecule has 0 saturated heterocycles. The second-order valence-electron chi connectivity index (χ2n) is 11.2. The Kier molecular flexibility index (Phi) is 7.84. The van der Waals surface area contributed by atoms with Crippen LogP contribution in [0.1, 0.15) is 32.8 Å². The van der Waals surface area contributed by atoms with Crippen LogP contribution in [0.25, 0.3) is 21.9 Å². The minimum atomic E-state index is -0.802. The Morgan fingerprint density at radius 1 is 1.15 bits per heavy atom. The molecule has 4 rings (SSSR count). The van der Waals surface area contributed by atoms with Gasteiger partial charge in [-0.25, -0.2) is 14.2 Å². The van der Waals surface area contributed by atoms with Crippen LogP contribution in [0.3, 0.4) is 0 Å². The normalized spacial score (nSPS) is 18.5. The molecule has 0 radical (unpaired) electrons. The number of fused-ring (bicyclic) bond motifs is 1. The number of hydrogen-bond acceptors (Lipinski definition) is 7. The van der Waals surface area contributed by atoms with E-state index >= 15 is 4.39 Å². The Balaban J connectivity index is 1.72. The summed E-state index contributed by atoms with van der Waals surface area (Å²) in [4.78, 5) is 36.2. The van der Waals surface area contributed by atoms with Crippen molar-refractivity contribution >= 4 is 34.3 Å². The Bertz CT molecular complexity index is 1460. The van der Waals surface area contributed by atoms with E-state index in [4.69, 9.17) is 10.00 Å². The van der Waals surface area contributed by atoms with Gasteiger partial charge in [-0.1, -0.05) is 0 Å². The van der Waals surface area contributed by atoms with E-state index in [-0.39, 0.29) is 34.9 Å². The highest BCUT2D eigenvalue weighted by molar-refractivity contribution is 6.04. The molecule has 1 aliphatic carbocycles. The SMILES string of the molecule is Cc1ccncc1-c1cc2cc(NC(=O)C3C(CC#N)C3CN(C)C)ncc2c(NC(=O)OC(C)(C)C)c1F. The number of ether oxygens (including phenoxy) is 1. The maximum Gasteiger partial charge on any atom is 0.412 e. The molecule has 2 aromatic heterocycles. The molecule has 3 aromatic rings. The number of nitrogens with one attached hydrogen (secondary N) is 2. The summed E-state index contributed by atoms with van der Waals surface area (Å²) in [6, 6.07) is 7.24. The highest BCUT2D eigenvalue weighted by Crippen LogP contribution is 2.49. The van der Waals surface area contributed by atoms with E-state index in [0.717, 1.165) is 5.56 Å². The minimum absolute atomic E-state index is 0.00302. The zero-order valence-corrected chi connectivity index (χ0v) is 23.0. The summed E-state index contributed by atoms with van der Waals surface area (Å²) in [7, 11) is 3.87. The number of rotatable bonds is 7. The van der Waals surface area contributed by atoms with Crippen molar-refractivity contribution in [1.82, 2.24) is 14.9 Å². The Labute approximate surface area is 227 Å². The van der Waals surface area contributed by atoms with Crippen LogP contribution in [0.5, 0.6) is 0 Å². The van der Waals surface area contributed by atoms with Gasteiger partial charge in [0, 0.05) is 54.0 Å². The van der Waals surface area contributed by atoms with Crippen LogP contribution in [0.15, 0.2) is 36.8 Å². The minimum Gasteiger partial charge on any atom is -0.444 e. The molecule has 0 bridgehead atoms. The number of hydrogen-bond donors (Lipinski definition) is 2. The Hall–Kier alpha value is -4.10. The van der Waals surface area contributed by atoms with Gasteiger partial charge in [-0.3, -0.25) is 15.1 Å². The van der Waals surface area contributed by atoms with E-state index in [1.54, 1.807) is 51.4 Å². The van der Waals surface area contributed by atoms with Gasteiger partial charge in [0.1, 0.15) is 11.4 Å². The summed E-state index contributed by atoms with van der Waals surface area (Å²) in [5, 5.41) is 15.5. The third-order valence-electron chi connectivity index (χ3n) is 6.70. The fourth-order valence-electron chi connectivity index (χ4n) is 4.91. The van der Waals surface area contributed by atoms with Gasteiger partial charge in [0.25, 0.3) is 0 Å². The summed E-state index contributed by atoms with van der Waals surface area (Å²) < 4.78 is 21.3. The molecule has 10 heteroatoms. The van der Waals surface area contributed by atoms with Crippen molar-refractivity contribution in [3.05, 3.63) is 48.2 Å². The number of halogens is 1.